The molecule has 2 aromatic carbocycles. The van der Waals surface area contributed by atoms with Gasteiger partial charge in [0.1, 0.15) is 18.2 Å². The Balaban J connectivity index is 0.763. The number of anilines is 1. The lowest BCUT2D eigenvalue weighted by molar-refractivity contribution is -0.136. The van der Waals surface area contributed by atoms with Gasteiger partial charge in [0.05, 0.1) is 27.3 Å². The fraction of sp³-hybridized carbons (Fsp3) is 0.452. The number of imide groups is 2. The Morgan fingerprint density at radius 2 is 1.64 bits per heavy atom. The molecule has 8 rings (SSSR count). The molecule has 3 aliphatic heterocycles. The number of hydrogen-bond donors (Lipinski definition) is 2. The minimum atomic E-state index is -0.966. The van der Waals surface area contributed by atoms with Gasteiger partial charge in [-0.3, -0.25) is 39.1 Å². The summed E-state index contributed by atoms with van der Waals surface area (Å²) in [6.07, 6.45) is 9.27. The third kappa shape index (κ3) is 7.60. The number of carbonyl (C=O) groups excluding carboxylic acids is 5. The zero-order chi connectivity index (χ0) is 39.1. The van der Waals surface area contributed by atoms with E-state index >= 15 is 0 Å². The van der Waals surface area contributed by atoms with Crippen LogP contribution in [0.4, 0.5) is 5.69 Å². The first kappa shape index (κ1) is 37.6. The number of nitrogens with zero attached hydrogens (tertiary/aromatic N) is 5. The minimum absolute atomic E-state index is 0.0511. The van der Waals surface area contributed by atoms with Crippen LogP contribution in [0.15, 0.2) is 48.7 Å². The second-order valence-corrected chi connectivity index (χ2v) is 16.2. The van der Waals surface area contributed by atoms with Gasteiger partial charge in [-0.25, -0.2) is 4.98 Å². The first-order valence-corrected chi connectivity index (χ1v) is 19.9. The number of nitrogens with one attached hydrogen (secondary N) is 2. The molecule has 1 aromatic heterocycles. The minimum Gasteiger partial charge on any atom is -0.474 e. The standard InChI is InChI=1S/C42H44ClN7O6/c1-48(31-8-4-25(19-44)35(43)18-31)30-9-6-29(7-10-30)46-39(52)26-5-15-38(45-20-26)56-32-11-2-24(3-12-32)21-49-22-27-16-33-34(17-28(27)23-49)42(55)50(41(33)54)36-13-14-37(51)47-40(36)53/h4-5,8,15-18,20,24,29-30,32,36H,2-3,6-7,9-14,21-23H2,1H3,(H,46,52)(H,47,51,53). The van der Waals surface area contributed by atoms with E-state index < -0.39 is 29.7 Å². The van der Waals surface area contributed by atoms with Crippen LogP contribution in [0.5, 0.6) is 5.88 Å². The number of ether oxygens (including phenoxy) is 1. The molecule has 1 unspecified atom stereocenters. The van der Waals surface area contributed by atoms with Gasteiger partial charge in [-0.1, -0.05) is 11.6 Å². The van der Waals surface area contributed by atoms with Gasteiger partial charge in [-0.2, -0.15) is 5.26 Å². The van der Waals surface area contributed by atoms with Gasteiger partial charge in [-0.15, -0.1) is 0 Å². The summed E-state index contributed by atoms with van der Waals surface area (Å²) in [7, 11) is 2.04. The van der Waals surface area contributed by atoms with Crippen LogP contribution in [0.3, 0.4) is 0 Å². The Kier molecular flexibility index (Phi) is 10.5. The zero-order valence-electron chi connectivity index (χ0n) is 31.3. The Labute approximate surface area is 330 Å². The average Bonchev–Trinajstić information content (AvgIpc) is 3.70. The lowest BCUT2D eigenvalue weighted by atomic mass is 9.87. The molecule has 1 saturated heterocycles. The van der Waals surface area contributed by atoms with Gasteiger partial charge >= 0.3 is 0 Å². The molecule has 13 nitrogen and oxygen atoms in total. The number of halogens is 1. The highest BCUT2D eigenvalue weighted by Crippen LogP contribution is 2.36. The fourth-order valence-corrected chi connectivity index (χ4v) is 9.24. The molecule has 14 heteroatoms. The smallest absolute Gasteiger partial charge is 0.262 e. The average molecular weight is 778 g/mol. The summed E-state index contributed by atoms with van der Waals surface area (Å²) >= 11 is 6.26. The van der Waals surface area contributed by atoms with Crippen molar-refractivity contribution >= 4 is 46.8 Å². The highest BCUT2D eigenvalue weighted by atomic mass is 35.5. The van der Waals surface area contributed by atoms with Crippen LogP contribution in [0.25, 0.3) is 0 Å². The summed E-state index contributed by atoms with van der Waals surface area (Å²) in [6.45, 7) is 2.29. The molecule has 2 aliphatic carbocycles. The van der Waals surface area contributed by atoms with E-state index in [1.807, 2.05) is 31.3 Å². The molecule has 56 heavy (non-hydrogen) atoms. The molecule has 1 atom stereocenters. The molecule has 5 aliphatic rings. The van der Waals surface area contributed by atoms with Crippen LogP contribution in [-0.2, 0) is 22.7 Å². The van der Waals surface area contributed by atoms with Crippen molar-refractivity contribution in [3.8, 4) is 11.9 Å². The number of pyridine rings is 1. The van der Waals surface area contributed by atoms with E-state index in [1.165, 1.54) is 0 Å². The predicted molar refractivity (Wildman–Crippen MR) is 206 cm³/mol. The topological polar surface area (TPSA) is 165 Å². The number of fused-ring (bicyclic) bond motifs is 2. The third-order valence-electron chi connectivity index (χ3n) is 12.2. The molecular formula is C42H44ClN7O6. The Morgan fingerprint density at radius 1 is 0.946 bits per heavy atom. The maximum Gasteiger partial charge on any atom is 0.262 e. The van der Waals surface area contributed by atoms with Crippen LogP contribution in [0.2, 0.25) is 5.02 Å². The van der Waals surface area contributed by atoms with E-state index in [0.717, 1.165) is 79.6 Å². The number of piperidine rings is 1. The number of benzene rings is 2. The highest BCUT2D eigenvalue weighted by Gasteiger charge is 2.45. The van der Waals surface area contributed by atoms with Gasteiger partial charge in [-0.05, 0) is 111 Å². The van der Waals surface area contributed by atoms with Crippen LogP contribution in [-0.4, -0.2) is 82.1 Å². The monoisotopic (exact) mass is 777 g/mol. The highest BCUT2D eigenvalue weighted by molar-refractivity contribution is 6.32. The molecule has 2 N–H and O–H groups in total. The Morgan fingerprint density at radius 3 is 2.25 bits per heavy atom. The van der Waals surface area contributed by atoms with Crippen molar-refractivity contribution < 1.29 is 28.7 Å². The summed E-state index contributed by atoms with van der Waals surface area (Å²) in [5.41, 5.74) is 4.65. The quantitative estimate of drug-likeness (QED) is 0.278. The molecule has 4 heterocycles. The fourth-order valence-electron chi connectivity index (χ4n) is 9.02. The maximum atomic E-state index is 13.3. The van der Waals surface area contributed by atoms with Crippen molar-refractivity contribution in [1.82, 2.24) is 25.4 Å². The van der Waals surface area contributed by atoms with E-state index in [4.69, 9.17) is 21.6 Å². The molecule has 3 fully saturated rings. The number of amides is 5. The third-order valence-corrected chi connectivity index (χ3v) is 12.5. The van der Waals surface area contributed by atoms with Crippen molar-refractivity contribution in [3.63, 3.8) is 0 Å². The van der Waals surface area contributed by atoms with Gasteiger partial charge in [0.2, 0.25) is 17.7 Å². The van der Waals surface area contributed by atoms with Crippen molar-refractivity contribution in [2.24, 2.45) is 5.92 Å². The molecule has 0 bridgehead atoms. The number of carbonyl (C=O) groups is 5. The first-order valence-electron chi connectivity index (χ1n) is 19.5. The summed E-state index contributed by atoms with van der Waals surface area (Å²) in [4.78, 5) is 73.7. The lowest BCUT2D eigenvalue weighted by Gasteiger charge is -2.36. The van der Waals surface area contributed by atoms with Crippen LogP contribution in [0, 0.1) is 17.2 Å². The van der Waals surface area contributed by atoms with Crippen LogP contribution in [0.1, 0.15) is 112 Å². The van der Waals surface area contributed by atoms with Gasteiger partial charge in [0.25, 0.3) is 17.7 Å². The normalized spacial score (nSPS) is 24.9. The molecule has 0 radical (unpaired) electrons. The van der Waals surface area contributed by atoms with Crippen LogP contribution < -0.4 is 20.3 Å². The molecule has 0 spiro atoms. The summed E-state index contributed by atoms with van der Waals surface area (Å²) < 4.78 is 6.23. The summed E-state index contributed by atoms with van der Waals surface area (Å²) in [6, 6.07) is 14.2. The molecule has 2 saturated carbocycles. The second kappa shape index (κ2) is 15.7. The van der Waals surface area contributed by atoms with Crippen molar-refractivity contribution in [2.75, 3.05) is 18.5 Å². The van der Waals surface area contributed by atoms with Gasteiger partial charge in [0.15, 0.2) is 0 Å². The van der Waals surface area contributed by atoms with Crippen molar-refractivity contribution in [1.29, 1.82) is 5.26 Å². The van der Waals surface area contributed by atoms with Gasteiger partial charge < -0.3 is 15.0 Å². The number of nitriles is 1. The van der Waals surface area contributed by atoms with E-state index in [9.17, 15) is 24.0 Å². The summed E-state index contributed by atoms with van der Waals surface area (Å²) in [5.74, 6) is -1.08. The number of hydrogen-bond acceptors (Lipinski definition) is 10. The molecule has 290 valence electrons. The van der Waals surface area contributed by atoms with E-state index in [1.54, 1.807) is 24.4 Å². The van der Waals surface area contributed by atoms with Crippen LogP contribution >= 0.6 is 11.6 Å². The Bertz CT molecular complexity index is 2080. The first-order chi connectivity index (χ1) is 27.0. The number of aromatic nitrogens is 1. The zero-order valence-corrected chi connectivity index (χ0v) is 32.0. The largest absolute Gasteiger partial charge is 0.474 e. The SMILES string of the molecule is CN(c1ccc(C#N)c(Cl)c1)C1CCC(NC(=O)c2ccc(OC3CCC(CN4Cc5cc6c(cc5C4)C(=O)N(C4CCC(=O)NC4=O)C6=O)CC3)nc2)CC1. The predicted octanol–water partition coefficient (Wildman–Crippen LogP) is 5.14. The van der Waals surface area contributed by atoms with E-state index in [2.05, 4.69) is 31.5 Å². The van der Waals surface area contributed by atoms with E-state index in [-0.39, 0.29) is 30.9 Å². The molecular weight excluding hydrogens is 734 g/mol. The van der Waals surface area contributed by atoms with E-state index in [0.29, 0.717) is 58.2 Å². The molecule has 3 aromatic rings. The second-order valence-electron chi connectivity index (χ2n) is 15.8. The van der Waals surface area contributed by atoms with Crippen molar-refractivity contribution in [2.45, 2.75) is 102 Å². The maximum absolute atomic E-state index is 13.3. The van der Waals surface area contributed by atoms with Crippen molar-refractivity contribution in [3.05, 3.63) is 87.1 Å². The number of rotatable bonds is 9. The Hall–Kier alpha value is -5.32. The summed E-state index contributed by atoms with van der Waals surface area (Å²) in [5, 5.41) is 15.0. The molecule has 5 amide bonds. The van der Waals surface area contributed by atoms with Gasteiger partial charge in [0, 0.05) is 63.1 Å². The lowest BCUT2D eigenvalue weighted by Crippen LogP contribution is -2.54.